The van der Waals surface area contributed by atoms with Crippen LogP contribution in [0.15, 0.2) is 0 Å². The zero-order chi connectivity index (χ0) is 8.43. The van der Waals surface area contributed by atoms with Crippen LogP contribution < -0.4 is 5.73 Å². The lowest BCUT2D eigenvalue weighted by Gasteiger charge is -1.86. The number of carbonyl (C=O) groups excluding carboxylic acids is 1. The van der Waals surface area contributed by atoms with E-state index in [9.17, 15) is 4.79 Å². The van der Waals surface area contributed by atoms with Gasteiger partial charge in [-0.2, -0.15) is 5.10 Å². The molecule has 0 fully saturated rings. The molecule has 1 rings (SSSR count). The summed E-state index contributed by atoms with van der Waals surface area (Å²) < 4.78 is 1.61. The van der Waals surface area contributed by atoms with Crippen LogP contribution in [0.5, 0.6) is 0 Å². The van der Waals surface area contributed by atoms with E-state index >= 15 is 0 Å². The molecule has 0 unspecified atom stereocenters. The molecule has 60 valence electrons. The van der Waals surface area contributed by atoms with Gasteiger partial charge in [0.05, 0.1) is 6.42 Å². The van der Waals surface area contributed by atoms with Gasteiger partial charge in [0.25, 0.3) is 0 Å². The van der Waals surface area contributed by atoms with E-state index in [1.54, 1.807) is 11.7 Å². The summed E-state index contributed by atoms with van der Waals surface area (Å²) in [5, 5.41) is 3.96. The van der Waals surface area contributed by atoms with E-state index in [4.69, 9.17) is 5.73 Å². The highest BCUT2D eigenvalue weighted by Crippen LogP contribution is 1.94. The molecule has 1 amide bonds. The standard InChI is InChI=1S/C6H10N4O/c1-4-8-6(3-5(7)11)9-10(4)2/h3H2,1-2H3,(H2,7,11). The first-order valence-corrected chi connectivity index (χ1v) is 3.24. The van der Waals surface area contributed by atoms with Crippen LogP contribution in [0, 0.1) is 6.92 Å². The molecule has 0 aliphatic rings. The number of nitrogens with two attached hydrogens (primary N) is 1. The van der Waals surface area contributed by atoms with Gasteiger partial charge in [-0.1, -0.05) is 0 Å². The Bertz CT molecular complexity index is 259. The Kier molecular flexibility index (Phi) is 1.89. The Hall–Kier alpha value is -1.39. The molecule has 0 spiro atoms. The minimum atomic E-state index is -0.407. The predicted octanol–water partition coefficient (Wildman–Crippen LogP) is -0.849. The van der Waals surface area contributed by atoms with Crippen molar-refractivity contribution in [3.05, 3.63) is 11.6 Å². The lowest BCUT2D eigenvalue weighted by molar-refractivity contribution is -0.117. The van der Waals surface area contributed by atoms with Crippen LogP contribution >= 0.6 is 0 Å². The average molecular weight is 154 g/mol. The van der Waals surface area contributed by atoms with Crippen molar-refractivity contribution in [1.29, 1.82) is 0 Å². The Morgan fingerprint density at radius 2 is 2.36 bits per heavy atom. The number of nitrogens with zero attached hydrogens (tertiary/aromatic N) is 3. The Labute approximate surface area is 64.2 Å². The summed E-state index contributed by atoms with van der Waals surface area (Å²) in [4.78, 5) is 14.4. The fourth-order valence-electron chi connectivity index (χ4n) is 0.758. The second-order valence-electron chi connectivity index (χ2n) is 2.34. The van der Waals surface area contributed by atoms with E-state index in [-0.39, 0.29) is 6.42 Å². The highest BCUT2D eigenvalue weighted by atomic mass is 16.1. The van der Waals surface area contributed by atoms with Gasteiger partial charge in [-0.3, -0.25) is 9.48 Å². The molecule has 5 heteroatoms. The summed E-state index contributed by atoms with van der Waals surface area (Å²) in [5.74, 6) is 0.856. The largest absolute Gasteiger partial charge is 0.369 e. The monoisotopic (exact) mass is 154 g/mol. The van der Waals surface area contributed by atoms with E-state index in [0.717, 1.165) is 5.82 Å². The molecule has 2 N–H and O–H groups in total. The first-order valence-electron chi connectivity index (χ1n) is 3.24. The van der Waals surface area contributed by atoms with Gasteiger partial charge in [-0.05, 0) is 6.92 Å². The van der Waals surface area contributed by atoms with Crippen LogP contribution in [0.25, 0.3) is 0 Å². The molecular formula is C6H10N4O. The fraction of sp³-hybridized carbons (Fsp3) is 0.500. The van der Waals surface area contributed by atoms with Gasteiger partial charge in [0, 0.05) is 7.05 Å². The van der Waals surface area contributed by atoms with Crippen molar-refractivity contribution < 1.29 is 4.79 Å². The van der Waals surface area contributed by atoms with Crippen molar-refractivity contribution >= 4 is 5.91 Å². The first-order chi connectivity index (χ1) is 5.09. The number of amides is 1. The second-order valence-corrected chi connectivity index (χ2v) is 2.34. The predicted molar refractivity (Wildman–Crippen MR) is 38.6 cm³/mol. The summed E-state index contributed by atoms with van der Waals surface area (Å²) in [5.41, 5.74) is 4.96. The van der Waals surface area contributed by atoms with E-state index in [1.807, 2.05) is 6.92 Å². The van der Waals surface area contributed by atoms with Gasteiger partial charge in [-0.25, -0.2) is 4.98 Å². The lowest BCUT2D eigenvalue weighted by Crippen LogP contribution is -2.14. The van der Waals surface area contributed by atoms with E-state index < -0.39 is 5.91 Å². The summed E-state index contributed by atoms with van der Waals surface area (Å²) in [6.07, 6.45) is 0.113. The molecule has 0 aliphatic heterocycles. The Morgan fingerprint density at radius 1 is 1.73 bits per heavy atom. The van der Waals surface area contributed by atoms with Gasteiger partial charge < -0.3 is 5.73 Å². The third-order valence-electron chi connectivity index (χ3n) is 1.36. The van der Waals surface area contributed by atoms with Crippen LogP contribution in [0.2, 0.25) is 0 Å². The smallest absolute Gasteiger partial charge is 0.225 e. The molecule has 1 aromatic heterocycles. The number of carbonyl (C=O) groups is 1. The molecule has 0 bridgehead atoms. The SMILES string of the molecule is Cc1nc(CC(N)=O)nn1C. The molecule has 5 nitrogen and oxygen atoms in total. The number of hydrogen-bond acceptors (Lipinski definition) is 3. The van der Waals surface area contributed by atoms with Crippen LogP contribution in [0.3, 0.4) is 0 Å². The average Bonchev–Trinajstić information content (AvgIpc) is 2.10. The van der Waals surface area contributed by atoms with Crippen LogP contribution in [-0.4, -0.2) is 20.7 Å². The maximum atomic E-state index is 10.4. The van der Waals surface area contributed by atoms with Crippen LogP contribution in [0.4, 0.5) is 0 Å². The molecule has 0 atom stereocenters. The van der Waals surface area contributed by atoms with Gasteiger partial charge in [0.2, 0.25) is 5.91 Å². The van der Waals surface area contributed by atoms with Gasteiger partial charge >= 0.3 is 0 Å². The Morgan fingerprint density at radius 3 is 2.73 bits per heavy atom. The normalized spacial score (nSPS) is 10.0. The van der Waals surface area contributed by atoms with Crippen LogP contribution in [0.1, 0.15) is 11.6 Å². The Balaban J connectivity index is 2.81. The third-order valence-corrected chi connectivity index (χ3v) is 1.36. The van der Waals surface area contributed by atoms with E-state index in [1.165, 1.54) is 0 Å². The summed E-state index contributed by atoms with van der Waals surface area (Å²) in [7, 11) is 1.77. The molecule has 11 heavy (non-hydrogen) atoms. The molecule has 1 aromatic rings. The minimum absolute atomic E-state index is 0.113. The van der Waals surface area contributed by atoms with Crippen molar-refractivity contribution in [3.63, 3.8) is 0 Å². The second kappa shape index (κ2) is 2.69. The zero-order valence-corrected chi connectivity index (χ0v) is 6.53. The number of primary amides is 1. The maximum Gasteiger partial charge on any atom is 0.225 e. The van der Waals surface area contributed by atoms with E-state index in [0.29, 0.717) is 5.82 Å². The minimum Gasteiger partial charge on any atom is -0.369 e. The number of aromatic nitrogens is 3. The van der Waals surface area contributed by atoms with Crippen molar-refractivity contribution in [1.82, 2.24) is 14.8 Å². The quantitative estimate of drug-likeness (QED) is 0.603. The van der Waals surface area contributed by atoms with E-state index in [2.05, 4.69) is 10.1 Å². The lowest BCUT2D eigenvalue weighted by atomic mass is 10.4. The molecule has 1 heterocycles. The molecular weight excluding hydrogens is 144 g/mol. The van der Waals surface area contributed by atoms with Crippen molar-refractivity contribution in [2.24, 2.45) is 12.8 Å². The van der Waals surface area contributed by atoms with Crippen molar-refractivity contribution in [3.8, 4) is 0 Å². The third kappa shape index (κ3) is 1.76. The van der Waals surface area contributed by atoms with Crippen molar-refractivity contribution in [2.75, 3.05) is 0 Å². The highest BCUT2D eigenvalue weighted by Gasteiger charge is 2.04. The molecule has 0 radical (unpaired) electrons. The molecule has 0 aromatic carbocycles. The fourth-order valence-corrected chi connectivity index (χ4v) is 0.758. The summed E-state index contributed by atoms with van der Waals surface area (Å²) in [6.45, 7) is 1.82. The number of hydrogen-bond donors (Lipinski definition) is 1. The summed E-state index contributed by atoms with van der Waals surface area (Å²) >= 11 is 0. The highest BCUT2D eigenvalue weighted by molar-refractivity contribution is 5.75. The molecule has 0 aliphatic carbocycles. The molecule has 0 saturated heterocycles. The zero-order valence-electron chi connectivity index (χ0n) is 6.53. The molecule has 0 saturated carbocycles. The van der Waals surface area contributed by atoms with Crippen LogP contribution in [-0.2, 0) is 18.3 Å². The topological polar surface area (TPSA) is 73.8 Å². The van der Waals surface area contributed by atoms with Gasteiger partial charge in [-0.15, -0.1) is 0 Å². The summed E-state index contributed by atoms with van der Waals surface area (Å²) in [6, 6.07) is 0. The number of aryl methyl sites for hydroxylation is 2. The number of rotatable bonds is 2. The maximum absolute atomic E-state index is 10.4. The first kappa shape index (κ1) is 7.71. The van der Waals surface area contributed by atoms with Gasteiger partial charge in [0.1, 0.15) is 5.82 Å². The van der Waals surface area contributed by atoms with Gasteiger partial charge in [0.15, 0.2) is 5.82 Å². The van der Waals surface area contributed by atoms with Crippen molar-refractivity contribution in [2.45, 2.75) is 13.3 Å².